The second-order valence-electron chi connectivity index (χ2n) is 3.50. The molecule has 0 aliphatic rings. The SMILES string of the molecule is CCOCCNC(=O)c1cc(F)cc([N+](=O)[O-])c1F. The Morgan fingerprint density at radius 2 is 2.16 bits per heavy atom. The second-order valence-corrected chi connectivity index (χ2v) is 3.50. The van der Waals surface area contributed by atoms with Crippen molar-refractivity contribution in [2.45, 2.75) is 6.92 Å². The lowest BCUT2D eigenvalue weighted by Gasteiger charge is -2.06. The number of benzene rings is 1. The highest BCUT2D eigenvalue weighted by molar-refractivity contribution is 5.95. The van der Waals surface area contributed by atoms with Gasteiger partial charge in [-0.15, -0.1) is 0 Å². The van der Waals surface area contributed by atoms with E-state index in [1.807, 2.05) is 0 Å². The van der Waals surface area contributed by atoms with E-state index < -0.39 is 33.7 Å². The topological polar surface area (TPSA) is 81.5 Å². The zero-order chi connectivity index (χ0) is 14.4. The third kappa shape index (κ3) is 3.95. The van der Waals surface area contributed by atoms with Crippen molar-refractivity contribution >= 4 is 11.6 Å². The number of rotatable bonds is 6. The maximum absolute atomic E-state index is 13.6. The van der Waals surface area contributed by atoms with Crippen LogP contribution in [0, 0.1) is 21.7 Å². The number of carbonyl (C=O) groups is 1. The van der Waals surface area contributed by atoms with Crippen LogP contribution >= 0.6 is 0 Å². The van der Waals surface area contributed by atoms with E-state index in [1.165, 1.54) is 0 Å². The predicted molar refractivity (Wildman–Crippen MR) is 61.8 cm³/mol. The Hall–Kier alpha value is -2.09. The lowest BCUT2D eigenvalue weighted by Crippen LogP contribution is -2.28. The summed E-state index contributed by atoms with van der Waals surface area (Å²) in [4.78, 5) is 21.0. The second kappa shape index (κ2) is 6.74. The number of nitro benzene ring substituents is 1. The third-order valence-corrected chi connectivity index (χ3v) is 2.20. The molecular weight excluding hydrogens is 262 g/mol. The summed E-state index contributed by atoms with van der Waals surface area (Å²) in [5.74, 6) is -3.34. The van der Waals surface area contributed by atoms with Crippen molar-refractivity contribution in [1.82, 2.24) is 5.32 Å². The molecule has 1 rings (SSSR count). The third-order valence-electron chi connectivity index (χ3n) is 2.20. The molecule has 1 aromatic rings. The number of carbonyl (C=O) groups excluding carboxylic acids is 1. The Kier molecular flexibility index (Phi) is 5.31. The van der Waals surface area contributed by atoms with Gasteiger partial charge in [-0.2, -0.15) is 4.39 Å². The molecule has 0 aliphatic carbocycles. The van der Waals surface area contributed by atoms with Gasteiger partial charge in [-0.25, -0.2) is 4.39 Å². The molecule has 0 aliphatic heterocycles. The fourth-order valence-electron chi connectivity index (χ4n) is 1.35. The molecule has 0 saturated heterocycles. The van der Waals surface area contributed by atoms with E-state index in [-0.39, 0.29) is 13.2 Å². The molecule has 1 aromatic carbocycles. The Morgan fingerprint density at radius 3 is 2.74 bits per heavy atom. The van der Waals surface area contributed by atoms with Gasteiger partial charge < -0.3 is 10.1 Å². The monoisotopic (exact) mass is 274 g/mol. The Balaban J connectivity index is 2.88. The molecule has 8 heteroatoms. The first-order chi connectivity index (χ1) is 8.97. The minimum atomic E-state index is -1.36. The largest absolute Gasteiger partial charge is 0.380 e. The zero-order valence-electron chi connectivity index (χ0n) is 10.1. The maximum atomic E-state index is 13.6. The quantitative estimate of drug-likeness (QED) is 0.485. The van der Waals surface area contributed by atoms with Gasteiger partial charge >= 0.3 is 5.69 Å². The standard InChI is InChI=1S/C11H12F2N2O4/c1-2-19-4-3-14-11(16)8-5-7(12)6-9(10(8)13)15(17)18/h5-6H,2-4H2,1H3,(H,14,16). The molecule has 0 heterocycles. The normalized spacial score (nSPS) is 10.3. The number of nitrogens with zero attached hydrogens (tertiary/aromatic N) is 1. The molecule has 0 saturated carbocycles. The Morgan fingerprint density at radius 1 is 1.47 bits per heavy atom. The van der Waals surface area contributed by atoms with Crippen molar-refractivity contribution in [2.75, 3.05) is 19.8 Å². The number of hydrogen-bond donors (Lipinski definition) is 1. The van der Waals surface area contributed by atoms with E-state index >= 15 is 0 Å². The van der Waals surface area contributed by atoms with Crippen molar-refractivity contribution in [3.8, 4) is 0 Å². The molecule has 1 N–H and O–H groups in total. The zero-order valence-corrected chi connectivity index (χ0v) is 10.1. The molecule has 0 radical (unpaired) electrons. The average Bonchev–Trinajstić information content (AvgIpc) is 2.36. The van der Waals surface area contributed by atoms with Gasteiger partial charge in [0, 0.05) is 13.2 Å². The summed E-state index contributed by atoms with van der Waals surface area (Å²) in [6.07, 6.45) is 0. The average molecular weight is 274 g/mol. The van der Waals surface area contributed by atoms with E-state index in [0.29, 0.717) is 18.7 Å². The molecule has 19 heavy (non-hydrogen) atoms. The molecule has 104 valence electrons. The van der Waals surface area contributed by atoms with Crippen molar-refractivity contribution in [3.05, 3.63) is 39.4 Å². The van der Waals surface area contributed by atoms with Gasteiger partial charge in [0.1, 0.15) is 5.82 Å². The minimum Gasteiger partial charge on any atom is -0.380 e. The maximum Gasteiger partial charge on any atom is 0.308 e. The summed E-state index contributed by atoms with van der Waals surface area (Å²) < 4.78 is 31.7. The van der Waals surface area contributed by atoms with Crippen molar-refractivity contribution in [2.24, 2.45) is 0 Å². The molecule has 6 nitrogen and oxygen atoms in total. The minimum absolute atomic E-state index is 0.0937. The molecule has 0 fully saturated rings. The fraction of sp³-hybridized carbons (Fsp3) is 0.364. The molecule has 0 bridgehead atoms. The Bertz CT molecular complexity index is 494. The summed E-state index contributed by atoms with van der Waals surface area (Å²) in [6.45, 7) is 2.52. The van der Waals surface area contributed by atoms with Crippen LogP contribution in [0.1, 0.15) is 17.3 Å². The number of amides is 1. The summed E-state index contributed by atoms with van der Waals surface area (Å²) in [5.41, 5.74) is -1.78. The van der Waals surface area contributed by atoms with Gasteiger partial charge in [-0.05, 0) is 13.0 Å². The first-order valence-electron chi connectivity index (χ1n) is 5.46. The number of nitro groups is 1. The van der Waals surface area contributed by atoms with Crippen molar-refractivity contribution < 1.29 is 23.2 Å². The highest BCUT2D eigenvalue weighted by Crippen LogP contribution is 2.22. The molecule has 0 spiro atoms. The van der Waals surface area contributed by atoms with Crippen LogP contribution < -0.4 is 5.32 Å². The fourth-order valence-corrected chi connectivity index (χ4v) is 1.35. The molecular formula is C11H12F2N2O4. The predicted octanol–water partition coefficient (Wildman–Crippen LogP) is 1.64. The summed E-state index contributed by atoms with van der Waals surface area (Å²) in [6, 6.07) is 1.03. The van der Waals surface area contributed by atoms with E-state index in [4.69, 9.17) is 4.74 Å². The van der Waals surface area contributed by atoms with Crippen molar-refractivity contribution in [3.63, 3.8) is 0 Å². The van der Waals surface area contributed by atoms with Gasteiger partial charge in [0.2, 0.25) is 5.82 Å². The van der Waals surface area contributed by atoms with Gasteiger partial charge in [0.25, 0.3) is 5.91 Å². The van der Waals surface area contributed by atoms with Gasteiger partial charge in [-0.1, -0.05) is 0 Å². The van der Waals surface area contributed by atoms with E-state index in [2.05, 4.69) is 5.32 Å². The molecule has 0 unspecified atom stereocenters. The van der Waals surface area contributed by atoms with Crippen LogP contribution in [0.4, 0.5) is 14.5 Å². The lowest BCUT2D eigenvalue weighted by molar-refractivity contribution is -0.387. The van der Waals surface area contributed by atoms with Crippen LogP contribution in [-0.4, -0.2) is 30.6 Å². The first-order valence-corrected chi connectivity index (χ1v) is 5.46. The Labute approximate surface area is 107 Å². The summed E-state index contributed by atoms with van der Waals surface area (Å²) in [5, 5.41) is 12.8. The lowest BCUT2D eigenvalue weighted by atomic mass is 10.1. The molecule has 0 atom stereocenters. The smallest absolute Gasteiger partial charge is 0.308 e. The van der Waals surface area contributed by atoms with E-state index in [1.54, 1.807) is 6.92 Å². The van der Waals surface area contributed by atoms with Crippen LogP contribution in [-0.2, 0) is 4.74 Å². The number of ether oxygens (including phenoxy) is 1. The van der Waals surface area contributed by atoms with Crippen LogP contribution in [0.25, 0.3) is 0 Å². The number of halogens is 2. The summed E-state index contributed by atoms with van der Waals surface area (Å²) in [7, 11) is 0. The van der Waals surface area contributed by atoms with Gasteiger partial charge in [0.15, 0.2) is 0 Å². The first kappa shape index (κ1) is 15.0. The van der Waals surface area contributed by atoms with Crippen LogP contribution in [0.5, 0.6) is 0 Å². The molecule has 0 aromatic heterocycles. The number of hydrogen-bond acceptors (Lipinski definition) is 4. The van der Waals surface area contributed by atoms with Gasteiger partial charge in [0.05, 0.1) is 23.2 Å². The van der Waals surface area contributed by atoms with Gasteiger partial charge in [-0.3, -0.25) is 14.9 Å². The van der Waals surface area contributed by atoms with Crippen LogP contribution in [0.3, 0.4) is 0 Å². The van der Waals surface area contributed by atoms with Crippen LogP contribution in [0.2, 0.25) is 0 Å². The van der Waals surface area contributed by atoms with E-state index in [9.17, 15) is 23.7 Å². The summed E-state index contributed by atoms with van der Waals surface area (Å²) >= 11 is 0. The highest BCUT2D eigenvalue weighted by Gasteiger charge is 2.23. The number of nitrogens with one attached hydrogen (secondary N) is 1. The molecule has 1 amide bonds. The van der Waals surface area contributed by atoms with Crippen molar-refractivity contribution in [1.29, 1.82) is 0 Å². The highest BCUT2D eigenvalue weighted by atomic mass is 19.1. The van der Waals surface area contributed by atoms with Crippen LogP contribution in [0.15, 0.2) is 12.1 Å². The van der Waals surface area contributed by atoms with E-state index in [0.717, 1.165) is 0 Å².